The number of carbonyl (C=O) groups is 2. The van der Waals surface area contributed by atoms with Crippen LogP contribution in [0.15, 0.2) is 60.9 Å². The van der Waals surface area contributed by atoms with Crippen molar-refractivity contribution in [1.29, 1.82) is 0 Å². The number of benzene rings is 1. The Balaban J connectivity index is 1.52. The molecule has 0 bridgehead atoms. The van der Waals surface area contributed by atoms with Gasteiger partial charge in [-0.3, -0.25) is 19.3 Å². The van der Waals surface area contributed by atoms with Gasteiger partial charge in [-0.15, -0.1) is 0 Å². The van der Waals surface area contributed by atoms with Gasteiger partial charge in [0, 0.05) is 18.0 Å². The van der Waals surface area contributed by atoms with Crippen LogP contribution in [0.3, 0.4) is 0 Å². The molecule has 0 spiro atoms. The molecule has 2 amide bonds. The molecule has 0 unspecified atom stereocenters. The first kappa shape index (κ1) is 17.9. The number of carbonyl (C=O) groups excluding carboxylic acids is 2. The van der Waals surface area contributed by atoms with E-state index in [1.54, 1.807) is 28.0 Å². The number of amides is 2. The molecule has 2 aromatic heterocycles. The molecule has 142 valence electrons. The number of pyridine rings is 1. The summed E-state index contributed by atoms with van der Waals surface area (Å²) in [4.78, 5) is 31.8. The van der Waals surface area contributed by atoms with Crippen molar-refractivity contribution in [3.8, 4) is 0 Å². The molecule has 1 aromatic carbocycles. The van der Waals surface area contributed by atoms with Crippen LogP contribution < -0.4 is 5.32 Å². The van der Waals surface area contributed by atoms with Gasteiger partial charge in [0.15, 0.2) is 0 Å². The Hall–Kier alpha value is -3.48. The van der Waals surface area contributed by atoms with Gasteiger partial charge in [0.2, 0.25) is 5.91 Å². The number of fused-ring (bicyclic) bond motifs is 1. The summed E-state index contributed by atoms with van der Waals surface area (Å²) in [7, 11) is 0. The molecule has 1 atom stereocenters. The van der Waals surface area contributed by atoms with Gasteiger partial charge in [0.05, 0.1) is 31.0 Å². The second kappa shape index (κ2) is 7.64. The third-order valence-electron chi connectivity index (χ3n) is 4.82. The monoisotopic (exact) mass is 375 g/mol. The topological polar surface area (TPSA) is 80.1 Å². The number of nitrogens with zero attached hydrogens (tertiary/aromatic N) is 4. The fourth-order valence-corrected chi connectivity index (χ4v) is 3.40. The van der Waals surface area contributed by atoms with Crippen LogP contribution in [-0.2, 0) is 17.9 Å². The van der Waals surface area contributed by atoms with E-state index in [9.17, 15) is 9.59 Å². The second-order valence-corrected chi connectivity index (χ2v) is 6.88. The van der Waals surface area contributed by atoms with Crippen LogP contribution in [0.5, 0.6) is 0 Å². The summed E-state index contributed by atoms with van der Waals surface area (Å²) in [5.41, 5.74) is 3.27. The van der Waals surface area contributed by atoms with Crippen molar-refractivity contribution in [2.45, 2.75) is 26.1 Å². The van der Waals surface area contributed by atoms with Crippen LogP contribution in [0, 0.1) is 6.92 Å². The minimum Gasteiger partial charge on any atom is -0.349 e. The van der Waals surface area contributed by atoms with Gasteiger partial charge in [-0.2, -0.15) is 5.10 Å². The van der Waals surface area contributed by atoms with Crippen molar-refractivity contribution >= 4 is 11.8 Å². The summed E-state index contributed by atoms with van der Waals surface area (Å²) >= 11 is 0. The average Bonchev–Trinajstić information content (AvgIpc) is 3.20. The zero-order valence-electron chi connectivity index (χ0n) is 15.6. The molecule has 0 saturated carbocycles. The molecule has 0 radical (unpaired) electrons. The van der Waals surface area contributed by atoms with E-state index < -0.39 is 6.04 Å². The van der Waals surface area contributed by atoms with E-state index in [0.29, 0.717) is 18.7 Å². The summed E-state index contributed by atoms with van der Waals surface area (Å²) in [6.45, 7) is 2.99. The molecule has 0 fully saturated rings. The predicted octanol–water partition coefficient (Wildman–Crippen LogP) is 2.10. The maximum Gasteiger partial charge on any atom is 0.254 e. The van der Waals surface area contributed by atoms with Gasteiger partial charge in [-0.05, 0) is 37.3 Å². The quantitative estimate of drug-likeness (QED) is 0.757. The lowest BCUT2D eigenvalue weighted by Gasteiger charge is -2.33. The van der Waals surface area contributed by atoms with Crippen molar-refractivity contribution in [2.75, 3.05) is 6.54 Å². The van der Waals surface area contributed by atoms with Crippen LogP contribution in [-0.4, -0.2) is 38.0 Å². The first-order chi connectivity index (χ1) is 13.6. The van der Waals surface area contributed by atoms with Gasteiger partial charge in [-0.1, -0.05) is 23.8 Å². The van der Waals surface area contributed by atoms with Crippen LogP contribution in [0.1, 0.15) is 33.4 Å². The van der Waals surface area contributed by atoms with Gasteiger partial charge in [0.25, 0.3) is 5.91 Å². The summed E-state index contributed by atoms with van der Waals surface area (Å²) < 4.78 is 1.70. The average molecular weight is 375 g/mol. The number of hydrogen-bond acceptors (Lipinski definition) is 4. The third-order valence-corrected chi connectivity index (χ3v) is 4.82. The maximum atomic E-state index is 13.0. The molecule has 1 N–H and O–H groups in total. The van der Waals surface area contributed by atoms with E-state index in [-0.39, 0.29) is 18.4 Å². The number of rotatable bonds is 4. The molecule has 0 aliphatic carbocycles. The van der Waals surface area contributed by atoms with Crippen molar-refractivity contribution < 1.29 is 9.59 Å². The fraction of sp³-hybridized carbons (Fsp3) is 0.238. The molecule has 3 heterocycles. The molecule has 28 heavy (non-hydrogen) atoms. The standard InChI is InChI=1S/C21H21N5O2/c1-15-5-4-6-16(11-15)21(28)25-13-18-8-10-24-26(18)19(14-25)20(27)23-12-17-7-2-3-9-22-17/h2-11,19H,12-14H2,1H3,(H,23,27)/t19-/m1/s1. The largest absolute Gasteiger partial charge is 0.349 e. The summed E-state index contributed by atoms with van der Waals surface area (Å²) in [5, 5.41) is 7.20. The Bertz CT molecular complexity index is 999. The van der Waals surface area contributed by atoms with Crippen molar-refractivity contribution in [3.63, 3.8) is 0 Å². The van der Waals surface area contributed by atoms with Crippen molar-refractivity contribution in [3.05, 3.63) is 83.4 Å². The number of nitrogens with one attached hydrogen (secondary N) is 1. The predicted molar refractivity (Wildman–Crippen MR) is 103 cm³/mol. The molecular weight excluding hydrogens is 354 g/mol. The normalized spacial score (nSPS) is 15.8. The molecular formula is C21H21N5O2. The second-order valence-electron chi connectivity index (χ2n) is 6.88. The van der Waals surface area contributed by atoms with Gasteiger partial charge < -0.3 is 10.2 Å². The Morgan fingerprint density at radius 1 is 1.14 bits per heavy atom. The number of aromatic nitrogens is 3. The van der Waals surface area contributed by atoms with Gasteiger partial charge >= 0.3 is 0 Å². The minimum atomic E-state index is -0.573. The van der Waals surface area contributed by atoms with Crippen LogP contribution in [0.2, 0.25) is 0 Å². The SMILES string of the molecule is Cc1cccc(C(=O)N2Cc3ccnn3[C@@H](C(=O)NCc3ccccn3)C2)c1. The molecule has 0 saturated heterocycles. The number of hydrogen-bond donors (Lipinski definition) is 1. The number of aryl methyl sites for hydroxylation is 1. The lowest BCUT2D eigenvalue weighted by molar-refractivity contribution is -0.125. The molecule has 7 heteroatoms. The highest BCUT2D eigenvalue weighted by Gasteiger charge is 2.33. The highest BCUT2D eigenvalue weighted by molar-refractivity contribution is 5.95. The van der Waals surface area contributed by atoms with E-state index in [4.69, 9.17) is 0 Å². The fourth-order valence-electron chi connectivity index (χ4n) is 3.40. The van der Waals surface area contributed by atoms with Crippen molar-refractivity contribution in [1.82, 2.24) is 25.0 Å². The van der Waals surface area contributed by atoms with E-state index in [1.807, 2.05) is 49.4 Å². The van der Waals surface area contributed by atoms with Crippen LogP contribution in [0.4, 0.5) is 0 Å². The zero-order valence-corrected chi connectivity index (χ0v) is 15.6. The summed E-state index contributed by atoms with van der Waals surface area (Å²) in [5.74, 6) is -0.268. The first-order valence-corrected chi connectivity index (χ1v) is 9.18. The first-order valence-electron chi connectivity index (χ1n) is 9.18. The molecule has 4 rings (SSSR count). The highest BCUT2D eigenvalue weighted by atomic mass is 16.2. The van der Waals surface area contributed by atoms with E-state index in [1.165, 1.54) is 0 Å². The highest BCUT2D eigenvalue weighted by Crippen LogP contribution is 2.22. The lowest BCUT2D eigenvalue weighted by Crippen LogP contribution is -2.47. The Morgan fingerprint density at radius 3 is 2.82 bits per heavy atom. The minimum absolute atomic E-state index is 0.0846. The molecule has 3 aromatic rings. The van der Waals surface area contributed by atoms with E-state index >= 15 is 0 Å². The smallest absolute Gasteiger partial charge is 0.254 e. The summed E-state index contributed by atoms with van der Waals surface area (Å²) in [6, 6.07) is 14.3. The Kier molecular flexibility index (Phi) is 4.89. The Morgan fingerprint density at radius 2 is 2.04 bits per heavy atom. The molecule has 1 aliphatic rings. The van der Waals surface area contributed by atoms with Crippen LogP contribution >= 0.6 is 0 Å². The molecule has 1 aliphatic heterocycles. The van der Waals surface area contributed by atoms with E-state index in [2.05, 4.69) is 15.4 Å². The Labute approximate surface area is 163 Å². The lowest BCUT2D eigenvalue weighted by atomic mass is 10.1. The van der Waals surface area contributed by atoms with Crippen LogP contribution in [0.25, 0.3) is 0 Å². The van der Waals surface area contributed by atoms with E-state index in [0.717, 1.165) is 17.0 Å². The summed E-state index contributed by atoms with van der Waals surface area (Å²) in [6.07, 6.45) is 3.35. The maximum absolute atomic E-state index is 13.0. The zero-order chi connectivity index (χ0) is 19.5. The van der Waals surface area contributed by atoms with Crippen molar-refractivity contribution in [2.24, 2.45) is 0 Å². The van der Waals surface area contributed by atoms with Gasteiger partial charge in [-0.25, -0.2) is 0 Å². The van der Waals surface area contributed by atoms with Gasteiger partial charge in [0.1, 0.15) is 6.04 Å². The third kappa shape index (κ3) is 3.64. The molecule has 7 nitrogen and oxygen atoms in total.